The van der Waals surface area contributed by atoms with Gasteiger partial charge in [-0.1, -0.05) is 13.0 Å². The number of nitrogens with one attached hydrogen (secondary N) is 2. The average molecular weight is 357 g/mol. The van der Waals surface area contributed by atoms with Crippen LogP contribution in [0.25, 0.3) is 0 Å². The molecule has 0 aliphatic carbocycles. The maximum Gasteiger partial charge on any atom is 0.225 e. The largest absolute Gasteiger partial charge is 0.493 e. The molecular weight excluding hydrogens is 330 g/mol. The molecule has 0 spiro atoms. The molecule has 2 rings (SSSR count). The summed E-state index contributed by atoms with van der Waals surface area (Å²) in [5, 5.41) is 6.17. The zero-order chi connectivity index (χ0) is 18.9. The maximum absolute atomic E-state index is 12.1. The molecule has 1 heterocycles. The number of benzene rings is 1. The molecule has 0 aliphatic heterocycles. The molecule has 0 radical (unpaired) electrons. The van der Waals surface area contributed by atoms with Gasteiger partial charge in [-0.15, -0.1) is 0 Å². The van der Waals surface area contributed by atoms with E-state index in [2.05, 4.69) is 29.5 Å². The summed E-state index contributed by atoms with van der Waals surface area (Å²) in [5.74, 6) is 1.82. The van der Waals surface area contributed by atoms with E-state index in [1.54, 1.807) is 26.5 Å². The molecule has 1 atom stereocenters. The fourth-order valence-corrected chi connectivity index (χ4v) is 2.44. The number of rotatable bonds is 9. The molecule has 6 heteroatoms. The van der Waals surface area contributed by atoms with Crippen LogP contribution in [-0.4, -0.2) is 31.2 Å². The second-order valence-corrected chi connectivity index (χ2v) is 6.12. The van der Waals surface area contributed by atoms with Crippen molar-refractivity contribution in [2.24, 2.45) is 0 Å². The topological polar surface area (TPSA) is 72.5 Å². The van der Waals surface area contributed by atoms with Crippen LogP contribution in [-0.2, 0) is 11.2 Å². The molecule has 0 aliphatic rings. The van der Waals surface area contributed by atoms with Crippen molar-refractivity contribution in [1.82, 2.24) is 4.98 Å². The van der Waals surface area contributed by atoms with E-state index in [1.807, 2.05) is 24.3 Å². The summed E-state index contributed by atoms with van der Waals surface area (Å²) in [6.07, 6.45) is 3.74. The highest BCUT2D eigenvalue weighted by Gasteiger charge is 2.08. The van der Waals surface area contributed by atoms with Gasteiger partial charge >= 0.3 is 0 Å². The molecule has 0 fully saturated rings. The first-order chi connectivity index (χ1) is 12.5. The number of hydrogen-bond donors (Lipinski definition) is 2. The predicted octanol–water partition coefficient (Wildman–Crippen LogP) is 3.88. The average Bonchev–Trinajstić information content (AvgIpc) is 2.67. The van der Waals surface area contributed by atoms with Crippen LogP contribution in [0.3, 0.4) is 0 Å². The highest BCUT2D eigenvalue weighted by atomic mass is 16.5. The predicted molar refractivity (Wildman–Crippen MR) is 104 cm³/mol. The Morgan fingerprint density at radius 3 is 2.54 bits per heavy atom. The summed E-state index contributed by atoms with van der Waals surface area (Å²) in [5.41, 5.74) is 1.96. The van der Waals surface area contributed by atoms with E-state index in [9.17, 15) is 4.79 Å². The van der Waals surface area contributed by atoms with Gasteiger partial charge in [-0.3, -0.25) is 4.79 Å². The van der Waals surface area contributed by atoms with Gasteiger partial charge in [-0.25, -0.2) is 4.98 Å². The van der Waals surface area contributed by atoms with E-state index >= 15 is 0 Å². The van der Waals surface area contributed by atoms with Gasteiger partial charge in [0, 0.05) is 12.5 Å². The van der Waals surface area contributed by atoms with Crippen molar-refractivity contribution in [2.45, 2.75) is 39.2 Å². The Kier molecular flexibility index (Phi) is 7.26. The van der Waals surface area contributed by atoms with Crippen LogP contribution < -0.4 is 20.1 Å². The molecule has 1 aromatic carbocycles. The minimum Gasteiger partial charge on any atom is -0.493 e. The number of aryl methyl sites for hydroxylation is 1. The number of hydrogen-bond acceptors (Lipinski definition) is 5. The summed E-state index contributed by atoms with van der Waals surface area (Å²) in [7, 11) is 3.20. The monoisotopic (exact) mass is 357 g/mol. The smallest absolute Gasteiger partial charge is 0.225 e. The number of ether oxygens (including phenoxy) is 2. The molecule has 2 N–H and O–H groups in total. The molecule has 140 valence electrons. The molecule has 26 heavy (non-hydrogen) atoms. The number of aromatic nitrogens is 1. The van der Waals surface area contributed by atoms with Gasteiger partial charge in [-0.2, -0.15) is 0 Å². The van der Waals surface area contributed by atoms with Crippen molar-refractivity contribution >= 4 is 17.4 Å². The highest BCUT2D eigenvalue weighted by molar-refractivity contribution is 5.89. The lowest BCUT2D eigenvalue weighted by molar-refractivity contribution is -0.116. The summed E-state index contributed by atoms with van der Waals surface area (Å²) in [6.45, 7) is 4.24. The Hall–Kier alpha value is -2.76. The molecule has 1 aromatic heterocycles. The van der Waals surface area contributed by atoms with Gasteiger partial charge in [0.15, 0.2) is 11.5 Å². The van der Waals surface area contributed by atoms with Gasteiger partial charge in [0.25, 0.3) is 0 Å². The molecular formula is C20H27N3O3. The van der Waals surface area contributed by atoms with Crippen molar-refractivity contribution in [3.05, 3.63) is 42.1 Å². The van der Waals surface area contributed by atoms with Gasteiger partial charge in [0.2, 0.25) is 5.91 Å². The van der Waals surface area contributed by atoms with E-state index in [0.29, 0.717) is 36.2 Å². The Morgan fingerprint density at radius 2 is 1.92 bits per heavy atom. The highest BCUT2D eigenvalue weighted by Crippen LogP contribution is 2.28. The van der Waals surface area contributed by atoms with Gasteiger partial charge in [0.05, 0.1) is 26.1 Å². The van der Waals surface area contributed by atoms with E-state index in [0.717, 1.165) is 17.7 Å². The van der Waals surface area contributed by atoms with Crippen LogP contribution in [0.2, 0.25) is 0 Å². The standard InChI is InChI=1S/C20H27N3O3/c1-5-14(2)22-16-8-10-19(21-13-16)23-20(24)11-7-15-6-9-17(25-3)18(12-15)26-4/h6,8-10,12-14,22H,5,7,11H2,1-4H3,(H,21,23,24). The van der Waals surface area contributed by atoms with E-state index in [1.165, 1.54) is 0 Å². The number of nitrogens with zero attached hydrogens (tertiary/aromatic N) is 1. The first-order valence-corrected chi connectivity index (χ1v) is 8.79. The Bertz CT molecular complexity index is 717. The SMILES string of the molecule is CCC(C)Nc1ccc(NC(=O)CCc2ccc(OC)c(OC)c2)nc1. The van der Waals surface area contributed by atoms with Gasteiger partial charge < -0.3 is 20.1 Å². The summed E-state index contributed by atoms with van der Waals surface area (Å²) in [4.78, 5) is 16.4. The Balaban J connectivity index is 1.87. The molecule has 6 nitrogen and oxygen atoms in total. The van der Waals surface area contributed by atoms with Gasteiger partial charge in [0.1, 0.15) is 5.82 Å². The number of anilines is 2. The molecule has 0 saturated carbocycles. The number of amides is 1. The molecule has 1 unspecified atom stereocenters. The summed E-state index contributed by atoms with van der Waals surface area (Å²) in [6, 6.07) is 9.78. The maximum atomic E-state index is 12.1. The number of carbonyl (C=O) groups excluding carboxylic acids is 1. The quantitative estimate of drug-likeness (QED) is 0.712. The van der Waals surface area contributed by atoms with Crippen LogP contribution in [0, 0.1) is 0 Å². The van der Waals surface area contributed by atoms with E-state index in [4.69, 9.17) is 9.47 Å². The zero-order valence-electron chi connectivity index (χ0n) is 15.8. The lowest BCUT2D eigenvalue weighted by Crippen LogP contribution is -2.15. The van der Waals surface area contributed by atoms with Crippen LogP contribution in [0.15, 0.2) is 36.5 Å². The van der Waals surface area contributed by atoms with E-state index < -0.39 is 0 Å². The van der Waals surface area contributed by atoms with Crippen molar-refractivity contribution in [3.8, 4) is 11.5 Å². The minimum absolute atomic E-state index is 0.0741. The third kappa shape index (κ3) is 5.65. The lowest BCUT2D eigenvalue weighted by Gasteiger charge is -2.13. The Labute approximate surface area is 154 Å². The van der Waals surface area contributed by atoms with Crippen molar-refractivity contribution in [1.29, 1.82) is 0 Å². The Morgan fingerprint density at radius 1 is 1.15 bits per heavy atom. The normalized spacial score (nSPS) is 11.5. The zero-order valence-corrected chi connectivity index (χ0v) is 15.8. The number of pyridine rings is 1. The molecule has 0 bridgehead atoms. The van der Waals surface area contributed by atoms with Crippen LogP contribution in [0.1, 0.15) is 32.3 Å². The number of carbonyl (C=O) groups is 1. The third-order valence-corrected chi connectivity index (χ3v) is 4.15. The van der Waals surface area contributed by atoms with Crippen LogP contribution in [0.5, 0.6) is 11.5 Å². The van der Waals surface area contributed by atoms with Gasteiger partial charge in [-0.05, 0) is 49.6 Å². The first-order valence-electron chi connectivity index (χ1n) is 8.79. The van der Waals surface area contributed by atoms with Crippen molar-refractivity contribution < 1.29 is 14.3 Å². The molecule has 2 aromatic rings. The molecule has 0 saturated heterocycles. The second kappa shape index (κ2) is 9.65. The molecule has 1 amide bonds. The van der Waals surface area contributed by atoms with Crippen LogP contribution in [0.4, 0.5) is 11.5 Å². The first kappa shape index (κ1) is 19.6. The minimum atomic E-state index is -0.0741. The second-order valence-electron chi connectivity index (χ2n) is 6.12. The fourth-order valence-electron chi connectivity index (χ4n) is 2.44. The van der Waals surface area contributed by atoms with Crippen LogP contribution >= 0.6 is 0 Å². The summed E-state index contributed by atoms with van der Waals surface area (Å²) >= 11 is 0. The summed E-state index contributed by atoms with van der Waals surface area (Å²) < 4.78 is 10.5. The van der Waals surface area contributed by atoms with Crippen molar-refractivity contribution in [2.75, 3.05) is 24.9 Å². The lowest BCUT2D eigenvalue weighted by atomic mass is 10.1. The van der Waals surface area contributed by atoms with Crippen molar-refractivity contribution in [3.63, 3.8) is 0 Å². The fraction of sp³-hybridized carbons (Fsp3) is 0.400. The van der Waals surface area contributed by atoms with E-state index in [-0.39, 0.29) is 5.91 Å². The third-order valence-electron chi connectivity index (χ3n) is 4.15. The number of methoxy groups -OCH3 is 2.